The van der Waals surface area contributed by atoms with E-state index in [1.165, 1.54) is 0 Å². The SMILES string of the molecule is CC1CCCN(C(=O)N2CCCC(C)(C)CC2)C1C(=O)O. The summed E-state index contributed by atoms with van der Waals surface area (Å²) in [7, 11) is 0. The summed E-state index contributed by atoms with van der Waals surface area (Å²) in [4.78, 5) is 27.7. The van der Waals surface area contributed by atoms with E-state index in [1.54, 1.807) is 4.90 Å². The van der Waals surface area contributed by atoms with Crippen LogP contribution in [0.5, 0.6) is 0 Å². The molecule has 120 valence electrons. The molecule has 5 nitrogen and oxygen atoms in total. The van der Waals surface area contributed by atoms with Crippen molar-refractivity contribution < 1.29 is 14.7 Å². The van der Waals surface area contributed by atoms with E-state index < -0.39 is 12.0 Å². The number of hydrogen-bond donors (Lipinski definition) is 1. The van der Waals surface area contributed by atoms with Crippen molar-refractivity contribution in [2.75, 3.05) is 19.6 Å². The van der Waals surface area contributed by atoms with E-state index in [4.69, 9.17) is 0 Å². The van der Waals surface area contributed by atoms with E-state index in [1.807, 2.05) is 11.8 Å². The summed E-state index contributed by atoms with van der Waals surface area (Å²) >= 11 is 0. The van der Waals surface area contributed by atoms with E-state index >= 15 is 0 Å². The second kappa shape index (κ2) is 6.24. The van der Waals surface area contributed by atoms with Crippen molar-refractivity contribution in [3.63, 3.8) is 0 Å². The van der Waals surface area contributed by atoms with Gasteiger partial charge in [-0.05, 0) is 43.4 Å². The smallest absolute Gasteiger partial charge is 0.326 e. The van der Waals surface area contributed by atoms with Gasteiger partial charge in [0.25, 0.3) is 0 Å². The van der Waals surface area contributed by atoms with Gasteiger partial charge in [0.1, 0.15) is 6.04 Å². The average Bonchev–Trinajstić information content (AvgIpc) is 2.58. The van der Waals surface area contributed by atoms with Gasteiger partial charge < -0.3 is 14.9 Å². The third kappa shape index (κ3) is 3.69. The number of carboxylic acids is 1. The van der Waals surface area contributed by atoms with Crippen molar-refractivity contribution in [3.05, 3.63) is 0 Å². The van der Waals surface area contributed by atoms with Crippen molar-refractivity contribution in [2.45, 2.75) is 58.9 Å². The molecule has 2 aliphatic heterocycles. The summed E-state index contributed by atoms with van der Waals surface area (Å²) in [5, 5.41) is 9.45. The normalized spacial score (nSPS) is 29.9. The highest BCUT2D eigenvalue weighted by Crippen LogP contribution is 2.31. The largest absolute Gasteiger partial charge is 0.480 e. The number of likely N-dealkylation sites (tertiary alicyclic amines) is 2. The summed E-state index contributed by atoms with van der Waals surface area (Å²) in [5.41, 5.74) is 0.274. The lowest BCUT2D eigenvalue weighted by atomic mass is 9.85. The number of piperidine rings is 1. The molecule has 2 heterocycles. The molecule has 0 aliphatic carbocycles. The molecule has 0 spiro atoms. The lowest BCUT2D eigenvalue weighted by Gasteiger charge is -2.40. The highest BCUT2D eigenvalue weighted by molar-refractivity contribution is 5.83. The molecule has 2 fully saturated rings. The van der Waals surface area contributed by atoms with Gasteiger partial charge in [0, 0.05) is 19.6 Å². The Labute approximate surface area is 127 Å². The number of urea groups is 1. The standard InChI is InChI=1S/C16H28N2O3/c1-12-6-4-10-18(13(12)14(19)20)15(21)17-9-5-7-16(2,3)8-11-17/h12-13H,4-11H2,1-3H3,(H,19,20). The van der Waals surface area contributed by atoms with Crippen LogP contribution in [0.4, 0.5) is 4.79 Å². The third-order valence-corrected chi connectivity index (χ3v) is 5.04. The maximum Gasteiger partial charge on any atom is 0.326 e. The first kappa shape index (κ1) is 16.1. The van der Waals surface area contributed by atoms with Crippen molar-refractivity contribution in [2.24, 2.45) is 11.3 Å². The Morgan fingerprint density at radius 3 is 2.48 bits per heavy atom. The lowest BCUT2D eigenvalue weighted by Crippen LogP contribution is -2.56. The fourth-order valence-corrected chi connectivity index (χ4v) is 3.57. The molecule has 0 bridgehead atoms. The van der Waals surface area contributed by atoms with Crippen LogP contribution in [0.25, 0.3) is 0 Å². The summed E-state index contributed by atoms with van der Waals surface area (Å²) in [5.74, 6) is -0.839. The van der Waals surface area contributed by atoms with E-state index in [-0.39, 0.29) is 17.4 Å². The zero-order valence-corrected chi connectivity index (χ0v) is 13.5. The van der Waals surface area contributed by atoms with E-state index in [2.05, 4.69) is 13.8 Å². The molecule has 2 rings (SSSR count). The van der Waals surface area contributed by atoms with Crippen molar-refractivity contribution in [3.8, 4) is 0 Å². The fraction of sp³-hybridized carbons (Fsp3) is 0.875. The molecule has 1 N–H and O–H groups in total. The molecule has 2 atom stereocenters. The Hall–Kier alpha value is -1.26. The number of nitrogens with zero attached hydrogens (tertiary/aromatic N) is 2. The highest BCUT2D eigenvalue weighted by Gasteiger charge is 2.39. The summed E-state index contributed by atoms with van der Waals surface area (Å²) in [6.07, 6.45) is 4.89. The molecule has 2 saturated heterocycles. The van der Waals surface area contributed by atoms with Crippen LogP contribution in [0.3, 0.4) is 0 Å². The van der Waals surface area contributed by atoms with Crippen LogP contribution >= 0.6 is 0 Å². The van der Waals surface area contributed by atoms with Crippen LogP contribution in [-0.4, -0.2) is 52.6 Å². The third-order valence-electron chi connectivity index (χ3n) is 5.04. The van der Waals surface area contributed by atoms with Gasteiger partial charge in [-0.1, -0.05) is 20.8 Å². The molecule has 21 heavy (non-hydrogen) atoms. The predicted molar refractivity (Wildman–Crippen MR) is 81.1 cm³/mol. The Morgan fingerprint density at radius 2 is 1.81 bits per heavy atom. The summed E-state index contributed by atoms with van der Waals surface area (Å²) < 4.78 is 0. The molecular weight excluding hydrogens is 268 g/mol. The first-order chi connectivity index (χ1) is 9.82. The zero-order valence-electron chi connectivity index (χ0n) is 13.5. The second-order valence-electron chi connectivity index (χ2n) is 7.38. The Balaban J connectivity index is 2.08. The number of aliphatic carboxylic acids is 1. The Kier molecular flexibility index (Phi) is 4.79. The Morgan fingerprint density at radius 1 is 1.10 bits per heavy atom. The fourth-order valence-electron chi connectivity index (χ4n) is 3.57. The van der Waals surface area contributed by atoms with Crippen LogP contribution < -0.4 is 0 Å². The van der Waals surface area contributed by atoms with Gasteiger partial charge in [-0.3, -0.25) is 0 Å². The average molecular weight is 296 g/mol. The highest BCUT2D eigenvalue weighted by atomic mass is 16.4. The quantitative estimate of drug-likeness (QED) is 0.809. The van der Waals surface area contributed by atoms with Crippen LogP contribution in [0.2, 0.25) is 0 Å². The lowest BCUT2D eigenvalue weighted by molar-refractivity contribution is -0.145. The summed E-state index contributed by atoms with van der Waals surface area (Å²) in [6.45, 7) is 8.47. The molecule has 5 heteroatoms. The van der Waals surface area contributed by atoms with Gasteiger partial charge in [-0.15, -0.1) is 0 Å². The minimum atomic E-state index is -0.870. The van der Waals surface area contributed by atoms with Gasteiger partial charge >= 0.3 is 12.0 Å². The number of carboxylic acid groups (broad SMARTS) is 1. The van der Waals surface area contributed by atoms with E-state index in [0.29, 0.717) is 6.54 Å². The van der Waals surface area contributed by atoms with Crippen molar-refractivity contribution in [1.29, 1.82) is 0 Å². The first-order valence-electron chi connectivity index (χ1n) is 8.10. The van der Waals surface area contributed by atoms with Gasteiger partial charge in [0.2, 0.25) is 0 Å². The maximum atomic E-state index is 12.8. The van der Waals surface area contributed by atoms with Crippen molar-refractivity contribution >= 4 is 12.0 Å². The molecule has 0 aromatic carbocycles. The van der Waals surface area contributed by atoms with Crippen LogP contribution in [0.1, 0.15) is 52.9 Å². The number of carbonyl (C=O) groups is 2. The summed E-state index contributed by atoms with van der Waals surface area (Å²) in [6, 6.07) is -0.742. The molecule has 0 radical (unpaired) electrons. The van der Waals surface area contributed by atoms with Gasteiger partial charge in [0.05, 0.1) is 0 Å². The molecule has 0 aromatic heterocycles. The van der Waals surface area contributed by atoms with Crippen LogP contribution in [-0.2, 0) is 4.79 Å². The molecular formula is C16H28N2O3. The number of hydrogen-bond acceptors (Lipinski definition) is 2. The van der Waals surface area contributed by atoms with E-state index in [9.17, 15) is 14.7 Å². The molecule has 2 aliphatic rings. The molecule has 0 aromatic rings. The topological polar surface area (TPSA) is 60.9 Å². The van der Waals surface area contributed by atoms with Gasteiger partial charge in [-0.2, -0.15) is 0 Å². The minimum absolute atomic E-state index is 0.0311. The van der Waals surface area contributed by atoms with Crippen LogP contribution in [0.15, 0.2) is 0 Å². The van der Waals surface area contributed by atoms with Crippen LogP contribution in [0, 0.1) is 11.3 Å². The number of rotatable bonds is 1. The van der Waals surface area contributed by atoms with Gasteiger partial charge in [-0.25, -0.2) is 9.59 Å². The Bertz CT molecular complexity index is 408. The van der Waals surface area contributed by atoms with E-state index in [0.717, 1.165) is 45.2 Å². The second-order valence-corrected chi connectivity index (χ2v) is 7.38. The van der Waals surface area contributed by atoms with Gasteiger partial charge in [0.15, 0.2) is 0 Å². The monoisotopic (exact) mass is 296 g/mol. The minimum Gasteiger partial charge on any atom is -0.480 e. The molecule has 2 amide bonds. The molecule has 0 saturated carbocycles. The molecule has 2 unspecified atom stereocenters. The zero-order chi connectivity index (χ0) is 15.6. The predicted octanol–water partition coefficient (Wildman–Crippen LogP) is 2.80. The number of amides is 2. The van der Waals surface area contributed by atoms with Crippen molar-refractivity contribution in [1.82, 2.24) is 9.80 Å². The number of carbonyl (C=O) groups excluding carboxylic acids is 1. The first-order valence-corrected chi connectivity index (χ1v) is 8.10. The maximum absolute atomic E-state index is 12.8.